The van der Waals surface area contributed by atoms with Crippen LogP contribution >= 0.6 is 0 Å². The SMILES string of the molecule is CC.CNCC(CO)OC(=O)CO.[V]. The van der Waals surface area contributed by atoms with Gasteiger partial charge in [0.25, 0.3) is 0 Å². The van der Waals surface area contributed by atoms with Gasteiger partial charge in [0.05, 0.1) is 6.61 Å². The van der Waals surface area contributed by atoms with Crippen LogP contribution in [0.5, 0.6) is 0 Å². The minimum atomic E-state index is -0.723. The molecule has 0 aliphatic carbocycles. The molecule has 0 bridgehead atoms. The molecule has 0 aliphatic rings. The first-order valence-electron chi connectivity index (χ1n) is 4.30. The van der Waals surface area contributed by atoms with Gasteiger partial charge in [0.1, 0.15) is 12.7 Å². The number of esters is 1. The van der Waals surface area contributed by atoms with Crippen molar-refractivity contribution in [2.45, 2.75) is 20.0 Å². The van der Waals surface area contributed by atoms with Crippen molar-refractivity contribution >= 4 is 5.97 Å². The molecule has 1 atom stereocenters. The van der Waals surface area contributed by atoms with Crippen LogP contribution in [0.1, 0.15) is 13.8 Å². The van der Waals surface area contributed by atoms with Crippen molar-refractivity contribution < 1.29 is 38.3 Å². The number of rotatable bonds is 5. The van der Waals surface area contributed by atoms with Gasteiger partial charge in [-0.2, -0.15) is 0 Å². The van der Waals surface area contributed by atoms with Gasteiger partial charge in [-0.1, -0.05) is 13.8 Å². The molecule has 0 heterocycles. The molecule has 0 saturated carbocycles. The number of likely N-dealkylation sites (N-methyl/N-ethyl adjacent to an activating group) is 1. The van der Waals surface area contributed by atoms with Crippen LogP contribution in [0.4, 0.5) is 0 Å². The van der Waals surface area contributed by atoms with E-state index in [1.54, 1.807) is 7.05 Å². The first-order chi connectivity index (χ1) is 6.24. The largest absolute Gasteiger partial charge is 0.457 e. The first kappa shape index (κ1) is 19.5. The van der Waals surface area contributed by atoms with E-state index >= 15 is 0 Å². The van der Waals surface area contributed by atoms with Crippen LogP contribution in [0.15, 0.2) is 0 Å². The maximum Gasteiger partial charge on any atom is 0.332 e. The van der Waals surface area contributed by atoms with Crippen molar-refractivity contribution in [3.63, 3.8) is 0 Å². The predicted octanol–water partition coefficient (Wildman–Crippen LogP) is -0.874. The molecule has 1 radical (unpaired) electrons. The van der Waals surface area contributed by atoms with E-state index in [-0.39, 0.29) is 25.2 Å². The van der Waals surface area contributed by atoms with Crippen LogP contribution in [0.2, 0.25) is 0 Å². The van der Waals surface area contributed by atoms with E-state index in [0.29, 0.717) is 6.54 Å². The van der Waals surface area contributed by atoms with Crippen molar-refractivity contribution in [1.82, 2.24) is 5.32 Å². The van der Waals surface area contributed by atoms with E-state index < -0.39 is 18.7 Å². The van der Waals surface area contributed by atoms with Crippen molar-refractivity contribution in [3.05, 3.63) is 0 Å². The molecule has 14 heavy (non-hydrogen) atoms. The minimum Gasteiger partial charge on any atom is -0.457 e. The molecule has 0 aromatic rings. The van der Waals surface area contributed by atoms with E-state index in [1.165, 1.54) is 0 Å². The van der Waals surface area contributed by atoms with Gasteiger partial charge in [-0.05, 0) is 7.05 Å². The maximum atomic E-state index is 10.4. The Hall–Kier alpha value is -0.0656. The second kappa shape index (κ2) is 15.4. The molecule has 0 amide bonds. The Morgan fingerprint density at radius 3 is 2.21 bits per heavy atom. The smallest absolute Gasteiger partial charge is 0.332 e. The summed E-state index contributed by atoms with van der Waals surface area (Å²) in [5, 5.41) is 19.6. The zero-order valence-corrected chi connectivity index (χ0v) is 10.3. The number of ether oxygens (including phenoxy) is 1. The van der Waals surface area contributed by atoms with E-state index in [0.717, 1.165) is 0 Å². The number of hydrogen-bond donors (Lipinski definition) is 3. The monoisotopic (exact) mass is 244 g/mol. The summed E-state index contributed by atoms with van der Waals surface area (Å²) in [4.78, 5) is 10.4. The summed E-state index contributed by atoms with van der Waals surface area (Å²) in [6, 6.07) is 0. The molecule has 0 aliphatic heterocycles. The molecule has 0 spiro atoms. The van der Waals surface area contributed by atoms with E-state index in [9.17, 15) is 4.79 Å². The topological polar surface area (TPSA) is 78.8 Å². The summed E-state index contributed by atoms with van der Waals surface area (Å²) >= 11 is 0. The normalized spacial score (nSPS) is 10.4. The van der Waals surface area contributed by atoms with Crippen LogP contribution in [-0.2, 0) is 28.1 Å². The van der Waals surface area contributed by atoms with Gasteiger partial charge in [-0.15, -0.1) is 0 Å². The van der Waals surface area contributed by atoms with Gasteiger partial charge in [-0.25, -0.2) is 4.79 Å². The molecule has 1 unspecified atom stereocenters. The van der Waals surface area contributed by atoms with E-state index in [4.69, 9.17) is 10.2 Å². The fraction of sp³-hybridized carbons (Fsp3) is 0.875. The Morgan fingerprint density at radius 1 is 1.43 bits per heavy atom. The Kier molecular flexibility index (Phi) is 21.5. The summed E-state index contributed by atoms with van der Waals surface area (Å²) in [7, 11) is 1.68. The zero-order valence-electron chi connectivity index (χ0n) is 8.86. The number of aliphatic hydroxyl groups is 2. The van der Waals surface area contributed by atoms with Gasteiger partial charge in [0, 0.05) is 25.1 Å². The molecule has 85 valence electrons. The summed E-state index contributed by atoms with van der Waals surface area (Å²) in [5.41, 5.74) is 0. The van der Waals surface area contributed by atoms with Crippen molar-refractivity contribution in [2.75, 3.05) is 26.8 Å². The molecule has 5 nitrogen and oxygen atoms in total. The Bertz CT molecular complexity index is 124. The number of aliphatic hydroxyl groups excluding tert-OH is 2. The van der Waals surface area contributed by atoms with Crippen LogP contribution < -0.4 is 5.32 Å². The van der Waals surface area contributed by atoms with Crippen LogP contribution in [0.25, 0.3) is 0 Å². The third-order valence-electron chi connectivity index (χ3n) is 1.06. The molecule has 0 aromatic heterocycles. The molecule has 0 fully saturated rings. The quantitative estimate of drug-likeness (QED) is 0.548. The number of nitrogens with one attached hydrogen (secondary N) is 1. The zero-order chi connectivity index (χ0) is 10.7. The van der Waals surface area contributed by atoms with E-state index in [1.807, 2.05) is 13.8 Å². The van der Waals surface area contributed by atoms with Crippen molar-refractivity contribution in [3.8, 4) is 0 Å². The van der Waals surface area contributed by atoms with Gasteiger partial charge in [0.2, 0.25) is 0 Å². The summed E-state index contributed by atoms with van der Waals surface area (Å²) < 4.78 is 4.59. The first-order valence-corrected chi connectivity index (χ1v) is 4.30. The van der Waals surface area contributed by atoms with E-state index in [2.05, 4.69) is 10.1 Å². The van der Waals surface area contributed by atoms with Crippen LogP contribution in [-0.4, -0.2) is 49.1 Å². The molecule has 0 aromatic carbocycles. The molecule has 0 rings (SSSR count). The average molecular weight is 244 g/mol. The fourth-order valence-electron chi connectivity index (χ4n) is 0.594. The predicted molar refractivity (Wildman–Crippen MR) is 49.3 cm³/mol. The van der Waals surface area contributed by atoms with Crippen molar-refractivity contribution in [1.29, 1.82) is 0 Å². The fourth-order valence-corrected chi connectivity index (χ4v) is 0.594. The third-order valence-corrected chi connectivity index (χ3v) is 1.06. The van der Waals surface area contributed by atoms with Gasteiger partial charge in [0.15, 0.2) is 0 Å². The second-order valence-electron chi connectivity index (χ2n) is 2.01. The number of carbonyl (C=O) groups excluding carboxylic acids is 1. The molecule has 6 heteroatoms. The Balaban J connectivity index is -0.000000376. The summed E-state index contributed by atoms with van der Waals surface area (Å²) in [5.74, 6) is -0.723. The maximum absolute atomic E-state index is 10.4. The number of carbonyl (C=O) groups is 1. The summed E-state index contributed by atoms with van der Waals surface area (Å²) in [6.45, 7) is 3.48. The Morgan fingerprint density at radius 2 is 1.93 bits per heavy atom. The molecule has 3 N–H and O–H groups in total. The second-order valence-corrected chi connectivity index (χ2v) is 2.01. The average Bonchev–Trinajstić information content (AvgIpc) is 2.20. The van der Waals surface area contributed by atoms with Crippen molar-refractivity contribution in [2.24, 2.45) is 0 Å². The molecular weight excluding hydrogens is 225 g/mol. The van der Waals surface area contributed by atoms with Gasteiger partial charge >= 0.3 is 5.97 Å². The van der Waals surface area contributed by atoms with Crippen LogP contribution in [0, 0.1) is 0 Å². The standard InChI is InChI=1S/C6H13NO4.C2H6.V/c1-7-2-5(3-8)11-6(10)4-9;1-2;/h5,7-9H,2-4H2,1H3;1-2H3;. The van der Waals surface area contributed by atoms with Gasteiger partial charge < -0.3 is 20.3 Å². The molecular formula is C8H19NO4V. The number of hydrogen-bond acceptors (Lipinski definition) is 5. The van der Waals surface area contributed by atoms with Crippen LogP contribution in [0.3, 0.4) is 0 Å². The molecule has 0 saturated heterocycles. The Labute approximate surface area is 96.7 Å². The summed E-state index contributed by atoms with van der Waals surface area (Å²) in [6.07, 6.45) is -0.570. The minimum absolute atomic E-state index is 0. The van der Waals surface area contributed by atoms with Gasteiger partial charge in [-0.3, -0.25) is 0 Å². The third kappa shape index (κ3) is 11.9.